The second kappa shape index (κ2) is 6.01. The second-order valence-electron chi connectivity index (χ2n) is 5.12. The molecular weight excluding hydrogens is 282 g/mol. The van der Waals surface area contributed by atoms with Gasteiger partial charge in [0.1, 0.15) is 0 Å². The van der Waals surface area contributed by atoms with Crippen LogP contribution in [0.5, 0.6) is 11.5 Å². The molecule has 1 amide bonds. The first kappa shape index (κ1) is 14.3. The molecule has 2 heterocycles. The van der Waals surface area contributed by atoms with Crippen LogP contribution in [0, 0.1) is 0 Å². The number of benzene rings is 1. The third-order valence-electron chi connectivity index (χ3n) is 3.85. The number of phenols is 1. The predicted octanol–water partition coefficient (Wildman–Crippen LogP) is 2.17. The first-order valence-corrected chi connectivity index (χ1v) is 7.16. The van der Waals surface area contributed by atoms with E-state index in [9.17, 15) is 9.90 Å². The Balaban J connectivity index is 1.91. The number of aromatic hydroxyl groups is 1. The molecule has 1 saturated heterocycles. The number of amides is 1. The van der Waals surface area contributed by atoms with E-state index in [4.69, 9.17) is 4.74 Å². The number of likely N-dealkylation sites (tertiary alicyclic amines) is 1. The number of aromatic nitrogens is 2. The second-order valence-corrected chi connectivity index (χ2v) is 5.12. The van der Waals surface area contributed by atoms with E-state index in [-0.39, 0.29) is 29.0 Å². The number of phenolic OH excluding ortho intramolecular Hbond substituents is 1. The topological polar surface area (TPSA) is 75.5 Å². The summed E-state index contributed by atoms with van der Waals surface area (Å²) in [7, 11) is 1.46. The Kier molecular flexibility index (Phi) is 3.91. The fourth-order valence-electron chi connectivity index (χ4n) is 2.78. The number of carbonyl (C=O) groups is 1. The van der Waals surface area contributed by atoms with E-state index < -0.39 is 0 Å². The van der Waals surface area contributed by atoms with Gasteiger partial charge in [0.2, 0.25) is 0 Å². The molecule has 1 aliphatic rings. The van der Waals surface area contributed by atoms with Crippen molar-refractivity contribution in [1.82, 2.24) is 14.9 Å². The van der Waals surface area contributed by atoms with Gasteiger partial charge in [-0.25, -0.2) is 9.97 Å². The molecule has 1 unspecified atom stereocenters. The van der Waals surface area contributed by atoms with Crippen molar-refractivity contribution in [2.75, 3.05) is 13.7 Å². The molecule has 1 fully saturated rings. The minimum Gasteiger partial charge on any atom is -0.504 e. The molecule has 22 heavy (non-hydrogen) atoms. The summed E-state index contributed by atoms with van der Waals surface area (Å²) in [4.78, 5) is 23.0. The number of hydrogen-bond donors (Lipinski definition) is 1. The predicted molar refractivity (Wildman–Crippen MR) is 79.7 cm³/mol. The Morgan fingerprint density at radius 1 is 1.32 bits per heavy atom. The number of nitrogens with zero attached hydrogens (tertiary/aromatic N) is 3. The Hall–Kier alpha value is -2.63. The Bertz CT molecular complexity index is 676. The summed E-state index contributed by atoms with van der Waals surface area (Å²) >= 11 is 0. The summed E-state index contributed by atoms with van der Waals surface area (Å²) in [6, 6.07) is 6.50. The van der Waals surface area contributed by atoms with Crippen LogP contribution >= 0.6 is 0 Å². The summed E-state index contributed by atoms with van der Waals surface area (Å²) in [6.07, 6.45) is 5.05. The number of para-hydroxylation sites is 1. The molecule has 114 valence electrons. The molecule has 1 atom stereocenters. The van der Waals surface area contributed by atoms with E-state index in [1.807, 2.05) is 0 Å². The Morgan fingerprint density at radius 2 is 2.09 bits per heavy atom. The van der Waals surface area contributed by atoms with Crippen molar-refractivity contribution in [3.8, 4) is 11.5 Å². The highest BCUT2D eigenvalue weighted by molar-refractivity contribution is 5.98. The Labute approximate surface area is 128 Å². The standard InChI is InChI=1S/C16H17N3O3/c1-22-13-7-2-5-11(14(13)20)16(21)19-10-3-6-12(19)15-17-8-4-9-18-15/h2,4-5,7-9,12,20H,3,6,10H2,1H3. The summed E-state index contributed by atoms with van der Waals surface area (Å²) in [5.74, 6) is 0.564. The average molecular weight is 299 g/mol. The molecule has 0 spiro atoms. The van der Waals surface area contributed by atoms with Gasteiger partial charge in [0, 0.05) is 18.9 Å². The molecule has 1 aliphatic heterocycles. The van der Waals surface area contributed by atoms with Gasteiger partial charge < -0.3 is 14.7 Å². The maximum absolute atomic E-state index is 12.8. The lowest BCUT2D eigenvalue weighted by Crippen LogP contribution is -2.31. The van der Waals surface area contributed by atoms with Crippen LogP contribution in [0.2, 0.25) is 0 Å². The average Bonchev–Trinajstić information content (AvgIpc) is 3.05. The molecule has 1 aromatic carbocycles. The third kappa shape index (κ3) is 2.47. The lowest BCUT2D eigenvalue weighted by molar-refractivity contribution is 0.0726. The number of hydrogen-bond acceptors (Lipinski definition) is 5. The van der Waals surface area contributed by atoms with Crippen molar-refractivity contribution >= 4 is 5.91 Å². The van der Waals surface area contributed by atoms with Crippen molar-refractivity contribution in [2.24, 2.45) is 0 Å². The summed E-state index contributed by atoms with van der Waals surface area (Å²) in [6.45, 7) is 0.623. The van der Waals surface area contributed by atoms with E-state index in [1.54, 1.807) is 41.6 Å². The van der Waals surface area contributed by atoms with Crippen molar-refractivity contribution < 1.29 is 14.6 Å². The number of ether oxygens (including phenoxy) is 1. The van der Waals surface area contributed by atoms with Crippen LogP contribution in [0.15, 0.2) is 36.7 Å². The van der Waals surface area contributed by atoms with Crippen LogP contribution in [0.1, 0.15) is 35.1 Å². The zero-order chi connectivity index (χ0) is 15.5. The van der Waals surface area contributed by atoms with Crippen LogP contribution in [-0.2, 0) is 0 Å². The Morgan fingerprint density at radius 3 is 2.82 bits per heavy atom. The SMILES string of the molecule is COc1cccc(C(=O)N2CCCC2c2ncccn2)c1O. The summed E-state index contributed by atoms with van der Waals surface area (Å²) in [5, 5.41) is 10.2. The smallest absolute Gasteiger partial charge is 0.258 e. The highest BCUT2D eigenvalue weighted by Crippen LogP contribution is 2.35. The first-order valence-electron chi connectivity index (χ1n) is 7.16. The van der Waals surface area contributed by atoms with Crippen molar-refractivity contribution in [3.63, 3.8) is 0 Å². The van der Waals surface area contributed by atoms with E-state index in [0.717, 1.165) is 12.8 Å². The molecule has 0 bridgehead atoms. The maximum atomic E-state index is 12.8. The molecule has 0 aliphatic carbocycles. The minimum absolute atomic E-state index is 0.130. The minimum atomic E-state index is -0.230. The zero-order valence-electron chi connectivity index (χ0n) is 12.3. The van der Waals surface area contributed by atoms with Gasteiger partial charge in [-0.1, -0.05) is 6.07 Å². The quantitative estimate of drug-likeness (QED) is 0.940. The lowest BCUT2D eigenvalue weighted by Gasteiger charge is -2.24. The normalized spacial score (nSPS) is 17.5. The van der Waals surface area contributed by atoms with Crippen molar-refractivity contribution in [1.29, 1.82) is 0 Å². The number of carbonyl (C=O) groups excluding carboxylic acids is 1. The van der Waals surface area contributed by atoms with Gasteiger partial charge >= 0.3 is 0 Å². The van der Waals surface area contributed by atoms with Crippen molar-refractivity contribution in [3.05, 3.63) is 48.0 Å². The third-order valence-corrected chi connectivity index (χ3v) is 3.85. The van der Waals surface area contributed by atoms with Crippen LogP contribution in [0.3, 0.4) is 0 Å². The monoisotopic (exact) mass is 299 g/mol. The zero-order valence-corrected chi connectivity index (χ0v) is 12.3. The van der Waals surface area contributed by atoms with Gasteiger partial charge in [-0.15, -0.1) is 0 Å². The van der Waals surface area contributed by atoms with E-state index in [2.05, 4.69) is 9.97 Å². The van der Waals surface area contributed by atoms with E-state index >= 15 is 0 Å². The highest BCUT2D eigenvalue weighted by atomic mass is 16.5. The first-order chi connectivity index (χ1) is 10.7. The molecule has 1 aromatic heterocycles. The van der Waals surface area contributed by atoms with Gasteiger partial charge in [0.15, 0.2) is 17.3 Å². The van der Waals surface area contributed by atoms with Crippen LogP contribution < -0.4 is 4.74 Å². The van der Waals surface area contributed by atoms with E-state index in [0.29, 0.717) is 12.4 Å². The fraction of sp³-hybridized carbons (Fsp3) is 0.312. The molecule has 2 aromatic rings. The van der Waals surface area contributed by atoms with Gasteiger partial charge in [-0.3, -0.25) is 4.79 Å². The number of rotatable bonds is 3. The molecule has 0 radical (unpaired) electrons. The molecule has 6 heteroatoms. The lowest BCUT2D eigenvalue weighted by atomic mass is 10.1. The summed E-state index contributed by atoms with van der Waals surface area (Å²) in [5.41, 5.74) is 0.238. The molecule has 6 nitrogen and oxygen atoms in total. The molecular formula is C16H17N3O3. The summed E-state index contributed by atoms with van der Waals surface area (Å²) < 4.78 is 5.06. The molecule has 0 saturated carbocycles. The van der Waals surface area contributed by atoms with Crippen LogP contribution in [0.4, 0.5) is 0 Å². The maximum Gasteiger partial charge on any atom is 0.258 e. The number of methoxy groups -OCH3 is 1. The largest absolute Gasteiger partial charge is 0.504 e. The highest BCUT2D eigenvalue weighted by Gasteiger charge is 2.33. The van der Waals surface area contributed by atoms with Crippen molar-refractivity contribution in [2.45, 2.75) is 18.9 Å². The fourth-order valence-corrected chi connectivity index (χ4v) is 2.78. The van der Waals surface area contributed by atoms with Gasteiger partial charge in [-0.2, -0.15) is 0 Å². The van der Waals surface area contributed by atoms with Crippen LogP contribution in [-0.4, -0.2) is 39.5 Å². The molecule has 3 rings (SSSR count). The molecule has 1 N–H and O–H groups in total. The van der Waals surface area contributed by atoms with Gasteiger partial charge in [-0.05, 0) is 31.0 Å². The van der Waals surface area contributed by atoms with Gasteiger partial charge in [0.25, 0.3) is 5.91 Å². The van der Waals surface area contributed by atoms with Crippen LogP contribution in [0.25, 0.3) is 0 Å². The van der Waals surface area contributed by atoms with Gasteiger partial charge in [0.05, 0.1) is 18.7 Å². The van der Waals surface area contributed by atoms with E-state index in [1.165, 1.54) is 7.11 Å².